The average molecular weight is 1000 g/mol. The summed E-state index contributed by atoms with van der Waals surface area (Å²) in [5, 5.41) is 5.25. The van der Waals surface area contributed by atoms with E-state index in [-0.39, 0.29) is 25.8 Å². The second-order valence-corrected chi connectivity index (χ2v) is 22.6. The maximum atomic E-state index is 14.0. The molecule has 9 rings (SSSR count). The fourth-order valence-electron chi connectivity index (χ4n) is 8.46. The first-order valence-electron chi connectivity index (χ1n) is 21.5. The number of rotatable bonds is 9. The van der Waals surface area contributed by atoms with Gasteiger partial charge >= 0.3 is 0 Å². The second-order valence-electron chi connectivity index (χ2n) is 17.5. The fourth-order valence-corrected chi connectivity index (χ4v) is 10.0. The van der Waals surface area contributed by atoms with Crippen molar-refractivity contribution in [3.05, 3.63) is 156 Å². The Balaban J connectivity index is 0.000000233. The Morgan fingerprint density at radius 3 is 2.18 bits per heavy atom. The Hall–Kier alpha value is -5.27. The molecule has 1 radical (unpaired) electrons. The van der Waals surface area contributed by atoms with Gasteiger partial charge in [-0.15, -0.1) is 54.1 Å². The number of benzene rings is 5. The number of halogens is 1. The molecule has 5 nitrogen and oxygen atoms in total. The van der Waals surface area contributed by atoms with Gasteiger partial charge in [0, 0.05) is 45.0 Å². The van der Waals surface area contributed by atoms with Crippen molar-refractivity contribution in [1.29, 1.82) is 0 Å². The van der Waals surface area contributed by atoms with Crippen molar-refractivity contribution < 1.29 is 30.3 Å². The van der Waals surface area contributed by atoms with Crippen LogP contribution in [0.25, 0.3) is 66.5 Å². The molecule has 0 saturated heterocycles. The maximum absolute atomic E-state index is 14.0. The van der Waals surface area contributed by atoms with E-state index in [9.17, 15) is 4.39 Å². The molecule has 0 N–H and O–H groups in total. The van der Waals surface area contributed by atoms with Gasteiger partial charge in [0.2, 0.25) is 11.7 Å². The second kappa shape index (κ2) is 18.0. The standard InChI is InChI=1S/C36H31FN3O.C17H22NSi.Ir/c1-21(2)24-11-7-12-25(22(3)4)27(24)19-20-40-33-26-10-6-5-9-23(26)15-17-31(33)38-35(40)30-14-8-13-28-29-16-18-32(37)39-36(29)41-34(28)30;1-13(2)15-11-16(14-9-7-6-8-10-14)18-12-17(15)19(3,4)5;/h5-13,15-18,21-22H,19-20H2,1-4H3;6-9,11-13H,1-5H3;/q2*-1;/i;13D;. The quantitative estimate of drug-likeness (QED) is 0.0821. The van der Waals surface area contributed by atoms with E-state index in [1.54, 1.807) is 6.07 Å². The van der Waals surface area contributed by atoms with E-state index in [1.807, 2.05) is 56.4 Å². The molecule has 61 heavy (non-hydrogen) atoms. The third kappa shape index (κ3) is 8.77. The van der Waals surface area contributed by atoms with Gasteiger partial charge in [0.05, 0.1) is 30.5 Å². The van der Waals surface area contributed by atoms with E-state index >= 15 is 0 Å². The van der Waals surface area contributed by atoms with Gasteiger partial charge in [-0.3, -0.25) is 4.98 Å². The summed E-state index contributed by atoms with van der Waals surface area (Å²) in [5.74, 6) is 0.463. The number of fused-ring (bicyclic) bond motifs is 6. The number of aromatic nitrogens is 4. The van der Waals surface area contributed by atoms with Crippen LogP contribution in [0.2, 0.25) is 19.6 Å². The van der Waals surface area contributed by atoms with Crippen LogP contribution in [0.4, 0.5) is 4.39 Å². The van der Waals surface area contributed by atoms with Gasteiger partial charge < -0.3 is 14.0 Å². The molecule has 0 bridgehead atoms. The monoisotopic (exact) mass is 1000 g/mol. The zero-order valence-corrected chi connectivity index (χ0v) is 39.8. The topological polar surface area (TPSA) is 56.7 Å². The summed E-state index contributed by atoms with van der Waals surface area (Å²) in [6, 6.07) is 42.9. The number of hydrogen-bond acceptors (Lipinski definition) is 4. The van der Waals surface area contributed by atoms with Gasteiger partial charge in [-0.2, -0.15) is 9.37 Å². The number of hydrogen-bond donors (Lipinski definition) is 0. The molecule has 9 aromatic rings. The largest absolute Gasteiger partial charge is 0.486 e. The smallest absolute Gasteiger partial charge is 0.218 e. The van der Waals surface area contributed by atoms with Crippen LogP contribution in [-0.4, -0.2) is 27.6 Å². The Morgan fingerprint density at radius 1 is 0.754 bits per heavy atom. The Kier molecular flexibility index (Phi) is 12.5. The van der Waals surface area contributed by atoms with E-state index in [0.29, 0.717) is 17.4 Å². The van der Waals surface area contributed by atoms with Crippen molar-refractivity contribution in [3.63, 3.8) is 0 Å². The summed E-state index contributed by atoms with van der Waals surface area (Å²) < 4.78 is 30.9. The number of nitrogens with zero attached hydrogens (tertiary/aromatic N) is 4. The van der Waals surface area contributed by atoms with Crippen LogP contribution in [0.15, 0.2) is 120 Å². The Labute approximate surface area is 375 Å². The third-order valence-electron chi connectivity index (χ3n) is 11.4. The minimum Gasteiger partial charge on any atom is -0.486 e. The van der Waals surface area contributed by atoms with E-state index in [2.05, 4.69) is 135 Å². The van der Waals surface area contributed by atoms with Crippen molar-refractivity contribution in [3.8, 4) is 22.6 Å². The number of furan rings is 1. The number of imidazole rings is 1. The predicted molar refractivity (Wildman–Crippen MR) is 250 cm³/mol. The molecule has 0 atom stereocenters. The van der Waals surface area contributed by atoms with Crippen molar-refractivity contribution >= 4 is 57.1 Å². The first-order chi connectivity index (χ1) is 29.1. The molecule has 0 aliphatic carbocycles. The SMILES string of the molecule is CC(C)c1cccc(C(C)C)c1CCn1c(-c2[c-]ccc3c2oc2nc(F)ccc23)nc2ccc3ccccc3c21.[2H]C(C)(C)c1cc(-c2[c-]cccc2)ncc1[Si](C)(C)C.[Ir]. The molecule has 4 heterocycles. The molecular formula is C53H53FIrN4OSi-2. The van der Waals surface area contributed by atoms with E-state index in [1.165, 1.54) is 33.3 Å². The van der Waals surface area contributed by atoms with Crippen LogP contribution in [0.3, 0.4) is 0 Å². The molecule has 0 aliphatic rings. The van der Waals surface area contributed by atoms with Gasteiger partial charge in [0.25, 0.3) is 0 Å². The first-order valence-corrected chi connectivity index (χ1v) is 24.5. The normalized spacial score (nSPS) is 12.3. The Morgan fingerprint density at radius 2 is 1.49 bits per heavy atom. The van der Waals surface area contributed by atoms with Crippen LogP contribution >= 0.6 is 0 Å². The van der Waals surface area contributed by atoms with Gasteiger partial charge in [0.1, 0.15) is 0 Å². The molecule has 0 aliphatic heterocycles. The van der Waals surface area contributed by atoms with Crippen molar-refractivity contribution in [2.75, 3.05) is 0 Å². The van der Waals surface area contributed by atoms with Gasteiger partial charge in [-0.05, 0) is 75.3 Å². The molecule has 4 aromatic heterocycles. The van der Waals surface area contributed by atoms with Crippen molar-refractivity contribution in [1.82, 2.24) is 19.5 Å². The van der Waals surface area contributed by atoms with Crippen LogP contribution in [-0.2, 0) is 33.1 Å². The van der Waals surface area contributed by atoms with Gasteiger partial charge in [-0.25, -0.2) is 0 Å². The summed E-state index contributed by atoms with van der Waals surface area (Å²) in [6.45, 7) is 20.6. The van der Waals surface area contributed by atoms with Crippen LogP contribution in [0.1, 0.15) is 82.9 Å². The molecule has 0 saturated carbocycles. The Bertz CT molecular complexity index is 3010. The maximum Gasteiger partial charge on any atom is 0.218 e. The molecule has 8 heteroatoms. The minimum atomic E-state index is -1.50. The number of aryl methyl sites for hydroxylation is 1. The predicted octanol–water partition coefficient (Wildman–Crippen LogP) is 13.8. The van der Waals surface area contributed by atoms with E-state index in [4.69, 9.17) is 10.8 Å². The summed E-state index contributed by atoms with van der Waals surface area (Å²) in [6.07, 6.45) is 2.85. The van der Waals surface area contributed by atoms with Crippen LogP contribution < -0.4 is 5.19 Å². The van der Waals surface area contributed by atoms with Crippen molar-refractivity contribution in [2.45, 2.75) is 91.9 Å². The summed E-state index contributed by atoms with van der Waals surface area (Å²) >= 11 is 0. The van der Waals surface area contributed by atoms with Crippen LogP contribution in [0, 0.1) is 18.1 Å². The van der Waals surface area contributed by atoms with Crippen molar-refractivity contribution in [2.24, 2.45) is 0 Å². The number of pyridine rings is 2. The molecule has 0 fully saturated rings. The minimum absolute atomic E-state index is 0. The van der Waals surface area contributed by atoms with E-state index in [0.717, 1.165) is 68.4 Å². The molecule has 313 valence electrons. The zero-order chi connectivity index (χ0) is 43.2. The molecule has 5 aromatic carbocycles. The molecule has 0 amide bonds. The molecule has 0 unspecified atom stereocenters. The summed E-state index contributed by atoms with van der Waals surface area (Å²) in [5.41, 5.74) is 10.9. The molecular weight excluding hydrogens is 948 g/mol. The third-order valence-corrected chi connectivity index (χ3v) is 13.4. The summed E-state index contributed by atoms with van der Waals surface area (Å²) in [4.78, 5) is 13.8. The summed E-state index contributed by atoms with van der Waals surface area (Å²) in [7, 11) is -1.50. The molecule has 0 spiro atoms. The van der Waals surface area contributed by atoms with Crippen LogP contribution in [0.5, 0.6) is 0 Å². The van der Waals surface area contributed by atoms with Gasteiger partial charge in [0.15, 0.2) is 0 Å². The fraction of sp³-hybridized carbons (Fsp3) is 0.264. The first kappa shape index (κ1) is 42.4. The van der Waals surface area contributed by atoms with Gasteiger partial charge in [-0.1, -0.05) is 132 Å². The average Bonchev–Trinajstić information content (AvgIpc) is 3.80. The van der Waals surface area contributed by atoms with E-state index < -0.39 is 19.9 Å². The zero-order valence-electron chi connectivity index (χ0n) is 37.4.